The van der Waals surface area contributed by atoms with Crippen molar-refractivity contribution in [1.29, 1.82) is 0 Å². The van der Waals surface area contributed by atoms with Gasteiger partial charge in [0.1, 0.15) is 5.82 Å². The van der Waals surface area contributed by atoms with Crippen LogP contribution >= 0.6 is 0 Å². The summed E-state index contributed by atoms with van der Waals surface area (Å²) in [5, 5.41) is 5.06. The largest absolute Gasteiger partial charge is 0.351 e. The van der Waals surface area contributed by atoms with Crippen LogP contribution in [0.2, 0.25) is 0 Å². The molecule has 0 radical (unpaired) electrons. The molecule has 0 aliphatic heterocycles. The molecule has 0 bridgehead atoms. The fraction of sp³-hybridized carbons (Fsp3) is 0.0667. The van der Waals surface area contributed by atoms with Gasteiger partial charge in [0.05, 0.1) is 6.42 Å². The van der Waals surface area contributed by atoms with E-state index in [1.54, 1.807) is 42.5 Å². The minimum atomic E-state index is -0.661. The predicted molar refractivity (Wildman–Crippen MR) is 78.4 cm³/mol. The zero-order valence-corrected chi connectivity index (χ0v) is 11.1. The number of carbonyl (C=O) groups is 2. The number of nitrogens with one attached hydrogen (secondary N) is 2. The van der Waals surface area contributed by atoms with Gasteiger partial charge in [-0.2, -0.15) is 0 Å². The van der Waals surface area contributed by atoms with Gasteiger partial charge < -0.3 is 16.4 Å². The second-order valence-electron chi connectivity index (χ2n) is 4.38. The number of rotatable bonds is 4. The molecule has 0 saturated carbocycles. The van der Waals surface area contributed by atoms with Gasteiger partial charge in [0.15, 0.2) is 0 Å². The summed E-state index contributed by atoms with van der Waals surface area (Å²) in [4.78, 5) is 22.5. The first kappa shape index (κ1) is 14.5. The maximum atomic E-state index is 13.4. The molecule has 3 amide bonds. The molecule has 2 aromatic rings. The van der Waals surface area contributed by atoms with Gasteiger partial charge in [0.2, 0.25) is 5.91 Å². The van der Waals surface area contributed by atoms with E-state index in [9.17, 15) is 14.0 Å². The topological polar surface area (TPSA) is 84.2 Å². The molecule has 5 nitrogen and oxygen atoms in total. The van der Waals surface area contributed by atoms with Crippen LogP contribution in [0.25, 0.3) is 0 Å². The summed E-state index contributed by atoms with van der Waals surface area (Å²) in [6, 6.07) is 11.9. The van der Waals surface area contributed by atoms with E-state index in [1.807, 2.05) is 0 Å². The van der Waals surface area contributed by atoms with Crippen molar-refractivity contribution in [3.8, 4) is 0 Å². The second-order valence-corrected chi connectivity index (χ2v) is 4.38. The Morgan fingerprint density at radius 2 is 1.52 bits per heavy atom. The molecule has 2 rings (SSSR count). The molecule has 0 heterocycles. The predicted octanol–water partition coefficient (Wildman–Crippen LogP) is 2.50. The maximum absolute atomic E-state index is 13.4. The Hall–Kier alpha value is -2.89. The van der Waals surface area contributed by atoms with Gasteiger partial charge in [-0.1, -0.05) is 18.2 Å². The molecular weight excluding hydrogens is 273 g/mol. The quantitative estimate of drug-likeness (QED) is 0.807. The van der Waals surface area contributed by atoms with Crippen LogP contribution in [0.3, 0.4) is 0 Å². The molecular formula is C15H14FN3O2. The van der Waals surface area contributed by atoms with Crippen LogP contribution in [-0.2, 0) is 11.2 Å². The molecule has 21 heavy (non-hydrogen) atoms. The minimum absolute atomic E-state index is 0.0477. The number of urea groups is 1. The molecule has 4 N–H and O–H groups in total. The number of hydrogen-bond acceptors (Lipinski definition) is 2. The molecule has 0 spiro atoms. The summed E-state index contributed by atoms with van der Waals surface area (Å²) in [6.07, 6.45) is -0.0477. The van der Waals surface area contributed by atoms with Crippen molar-refractivity contribution >= 4 is 23.3 Å². The van der Waals surface area contributed by atoms with Gasteiger partial charge in [0, 0.05) is 11.4 Å². The van der Waals surface area contributed by atoms with Gasteiger partial charge >= 0.3 is 6.03 Å². The number of benzene rings is 2. The molecule has 0 aliphatic carbocycles. The number of primary amides is 1. The summed E-state index contributed by atoms with van der Waals surface area (Å²) in [6.45, 7) is 0. The van der Waals surface area contributed by atoms with Crippen molar-refractivity contribution in [1.82, 2.24) is 0 Å². The van der Waals surface area contributed by atoms with E-state index in [0.717, 1.165) is 0 Å². The van der Waals surface area contributed by atoms with Crippen LogP contribution in [0.1, 0.15) is 5.56 Å². The molecule has 0 aliphatic rings. The van der Waals surface area contributed by atoms with Crippen LogP contribution in [0, 0.1) is 5.82 Å². The van der Waals surface area contributed by atoms with Crippen LogP contribution in [0.5, 0.6) is 0 Å². The third-order valence-electron chi connectivity index (χ3n) is 2.75. The van der Waals surface area contributed by atoms with Crippen LogP contribution in [-0.4, -0.2) is 11.9 Å². The van der Waals surface area contributed by atoms with Crippen LogP contribution < -0.4 is 16.4 Å². The van der Waals surface area contributed by atoms with Crippen molar-refractivity contribution in [2.24, 2.45) is 5.73 Å². The minimum Gasteiger partial charge on any atom is -0.351 e. The van der Waals surface area contributed by atoms with E-state index in [-0.39, 0.29) is 12.3 Å². The first-order valence-corrected chi connectivity index (χ1v) is 6.24. The highest BCUT2D eigenvalue weighted by Gasteiger charge is 2.08. The first-order valence-electron chi connectivity index (χ1n) is 6.24. The fourth-order valence-corrected chi connectivity index (χ4v) is 1.80. The monoisotopic (exact) mass is 287 g/mol. The average Bonchev–Trinajstić information content (AvgIpc) is 2.43. The van der Waals surface area contributed by atoms with Crippen LogP contribution in [0.4, 0.5) is 20.6 Å². The number of amides is 3. The van der Waals surface area contributed by atoms with Gasteiger partial charge in [-0.15, -0.1) is 0 Å². The Morgan fingerprint density at radius 1 is 0.952 bits per heavy atom. The smallest absolute Gasteiger partial charge is 0.316 e. The number of halogens is 1. The lowest BCUT2D eigenvalue weighted by atomic mass is 10.1. The Labute approximate surface area is 121 Å². The summed E-state index contributed by atoms with van der Waals surface area (Å²) >= 11 is 0. The number of hydrogen-bond donors (Lipinski definition) is 3. The molecule has 0 aromatic heterocycles. The fourth-order valence-electron chi connectivity index (χ4n) is 1.80. The zero-order valence-electron chi connectivity index (χ0n) is 11.1. The molecule has 0 saturated heterocycles. The Balaban J connectivity index is 1.96. The van der Waals surface area contributed by atoms with Crippen molar-refractivity contribution < 1.29 is 14.0 Å². The highest BCUT2D eigenvalue weighted by molar-refractivity contribution is 5.93. The highest BCUT2D eigenvalue weighted by atomic mass is 19.1. The summed E-state index contributed by atoms with van der Waals surface area (Å²) in [7, 11) is 0. The van der Waals surface area contributed by atoms with Gasteiger partial charge in [-0.05, 0) is 35.9 Å². The summed E-state index contributed by atoms with van der Waals surface area (Å²) in [5.74, 6) is -0.732. The maximum Gasteiger partial charge on any atom is 0.316 e. The molecule has 0 atom stereocenters. The van der Waals surface area contributed by atoms with Crippen molar-refractivity contribution in [2.45, 2.75) is 6.42 Å². The zero-order chi connectivity index (χ0) is 15.2. The van der Waals surface area contributed by atoms with Gasteiger partial charge in [-0.25, -0.2) is 9.18 Å². The lowest BCUT2D eigenvalue weighted by Crippen LogP contribution is -2.19. The molecule has 0 unspecified atom stereocenters. The summed E-state index contributed by atoms with van der Waals surface area (Å²) in [5.41, 5.74) is 6.39. The standard InChI is InChI=1S/C15H14FN3O2/c16-13-4-2-1-3-10(13)9-14(20)18-11-5-7-12(8-6-11)19-15(17)21/h1-8H,9H2,(H,18,20)(H3,17,19,21). The van der Waals surface area contributed by atoms with E-state index in [0.29, 0.717) is 16.9 Å². The van der Waals surface area contributed by atoms with Crippen molar-refractivity contribution in [3.63, 3.8) is 0 Å². The van der Waals surface area contributed by atoms with E-state index in [1.165, 1.54) is 6.07 Å². The van der Waals surface area contributed by atoms with Gasteiger partial charge in [-0.3, -0.25) is 4.79 Å². The highest BCUT2D eigenvalue weighted by Crippen LogP contribution is 2.14. The molecule has 0 fully saturated rings. The van der Waals surface area contributed by atoms with Crippen molar-refractivity contribution in [3.05, 3.63) is 59.9 Å². The summed E-state index contributed by atoms with van der Waals surface area (Å²) < 4.78 is 13.4. The first-order chi connectivity index (χ1) is 10.0. The van der Waals surface area contributed by atoms with E-state index >= 15 is 0 Å². The van der Waals surface area contributed by atoms with Crippen LogP contribution in [0.15, 0.2) is 48.5 Å². The van der Waals surface area contributed by atoms with E-state index in [2.05, 4.69) is 10.6 Å². The molecule has 6 heteroatoms. The molecule has 108 valence electrons. The third-order valence-corrected chi connectivity index (χ3v) is 2.75. The van der Waals surface area contributed by atoms with E-state index in [4.69, 9.17) is 5.73 Å². The SMILES string of the molecule is NC(=O)Nc1ccc(NC(=O)Cc2ccccc2F)cc1. The van der Waals surface area contributed by atoms with Crippen molar-refractivity contribution in [2.75, 3.05) is 10.6 Å². The van der Waals surface area contributed by atoms with Gasteiger partial charge in [0.25, 0.3) is 0 Å². The number of carbonyl (C=O) groups excluding carboxylic acids is 2. The molecule has 2 aromatic carbocycles. The number of anilines is 2. The lowest BCUT2D eigenvalue weighted by molar-refractivity contribution is -0.115. The normalized spacial score (nSPS) is 9.95. The number of nitrogens with two attached hydrogens (primary N) is 1. The Morgan fingerprint density at radius 3 is 2.10 bits per heavy atom. The Bertz CT molecular complexity index is 656. The average molecular weight is 287 g/mol. The van der Waals surface area contributed by atoms with E-state index < -0.39 is 11.8 Å². The second kappa shape index (κ2) is 6.51. The lowest BCUT2D eigenvalue weighted by Gasteiger charge is -2.07. The Kier molecular flexibility index (Phi) is 4.50. The third kappa shape index (κ3) is 4.31.